The van der Waals surface area contributed by atoms with E-state index in [0.717, 1.165) is 27.1 Å². The van der Waals surface area contributed by atoms with Crippen LogP contribution < -0.4 is 10.1 Å². The molecular weight excluding hydrogens is 382 g/mol. The van der Waals surface area contributed by atoms with Gasteiger partial charge in [0.05, 0.1) is 5.92 Å². The van der Waals surface area contributed by atoms with E-state index < -0.39 is 0 Å². The van der Waals surface area contributed by atoms with Gasteiger partial charge >= 0.3 is 0 Å². The molecule has 0 fully saturated rings. The Balaban J connectivity index is 1.39. The number of rotatable bonds is 4. The number of ether oxygens (including phenoxy) is 1. The normalized spacial score (nSPS) is 15.7. The van der Waals surface area contributed by atoms with Gasteiger partial charge in [-0.3, -0.25) is 4.79 Å². The molecule has 2 aromatic carbocycles. The molecule has 0 saturated heterocycles. The Morgan fingerprint density at radius 2 is 2.11 bits per heavy atom. The quantitative estimate of drug-likeness (QED) is 0.705. The number of hydrogen-bond donors (Lipinski definition) is 1. The third-order valence-electron chi connectivity index (χ3n) is 4.41. The lowest BCUT2D eigenvalue weighted by atomic mass is 9.96. The van der Waals surface area contributed by atoms with Gasteiger partial charge in [0.1, 0.15) is 12.4 Å². The van der Waals surface area contributed by atoms with Crippen molar-refractivity contribution < 1.29 is 9.53 Å². The highest BCUT2D eigenvalue weighted by molar-refractivity contribution is 7.99. The minimum absolute atomic E-state index is 0.0508. The number of aromatic nitrogens is 2. The van der Waals surface area contributed by atoms with Crippen LogP contribution in [0.25, 0.3) is 0 Å². The van der Waals surface area contributed by atoms with E-state index in [1.54, 1.807) is 24.0 Å². The van der Waals surface area contributed by atoms with Crippen molar-refractivity contribution >= 4 is 35.0 Å². The van der Waals surface area contributed by atoms with E-state index in [1.165, 1.54) is 0 Å². The Kier molecular flexibility index (Phi) is 5.09. The number of amides is 1. The van der Waals surface area contributed by atoms with Gasteiger partial charge in [0.2, 0.25) is 5.91 Å². The summed E-state index contributed by atoms with van der Waals surface area (Å²) in [6.45, 7) is 0.369. The van der Waals surface area contributed by atoms with Gasteiger partial charge in [-0.2, -0.15) is 0 Å². The highest BCUT2D eigenvalue weighted by Crippen LogP contribution is 2.31. The summed E-state index contributed by atoms with van der Waals surface area (Å²) in [6, 6.07) is 13.3. The summed E-state index contributed by atoms with van der Waals surface area (Å²) in [4.78, 5) is 18.0. The van der Waals surface area contributed by atoms with Crippen LogP contribution >= 0.6 is 23.4 Å². The number of carbonyl (C=O) groups is 1. The smallest absolute Gasteiger partial charge is 0.231 e. The minimum Gasteiger partial charge on any atom is -0.492 e. The zero-order valence-corrected chi connectivity index (χ0v) is 16.3. The van der Waals surface area contributed by atoms with Gasteiger partial charge in [-0.15, -0.1) is 0 Å². The van der Waals surface area contributed by atoms with Crippen LogP contribution in [0.15, 0.2) is 64.9 Å². The second-order valence-corrected chi connectivity index (χ2v) is 7.88. The number of nitrogens with one attached hydrogen (secondary N) is 1. The van der Waals surface area contributed by atoms with Crippen molar-refractivity contribution in [1.29, 1.82) is 0 Å². The van der Waals surface area contributed by atoms with Crippen molar-refractivity contribution in [3.05, 3.63) is 65.4 Å². The summed E-state index contributed by atoms with van der Waals surface area (Å²) in [5.41, 5.74) is 1.73. The zero-order chi connectivity index (χ0) is 18.8. The topological polar surface area (TPSA) is 56.2 Å². The van der Waals surface area contributed by atoms with Crippen LogP contribution in [0.5, 0.6) is 5.75 Å². The Bertz CT molecular complexity index is 972. The lowest BCUT2D eigenvalue weighted by molar-refractivity contribution is -0.121. The molecule has 27 heavy (non-hydrogen) atoms. The Hall–Kier alpha value is -2.44. The number of hydrogen-bond acceptors (Lipinski definition) is 4. The van der Waals surface area contributed by atoms with Crippen molar-refractivity contribution in [3.63, 3.8) is 0 Å². The first-order valence-corrected chi connectivity index (χ1v) is 9.75. The van der Waals surface area contributed by atoms with E-state index in [0.29, 0.717) is 18.1 Å². The summed E-state index contributed by atoms with van der Waals surface area (Å²) < 4.78 is 7.67. The molecule has 0 saturated carbocycles. The first-order chi connectivity index (χ1) is 13.1. The van der Waals surface area contributed by atoms with E-state index in [1.807, 2.05) is 54.2 Å². The summed E-state index contributed by atoms with van der Waals surface area (Å²) in [7, 11) is 1.96. The van der Waals surface area contributed by atoms with Crippen LogP contribution in [-0.2, 0) is 18.3 Å². The zero-order valence-electron chi connectivity index (χ0n) is 14.7. The molecule has 1 N–H and O–H groups in total. The molecule has 1 aliphatic rings. The lowest BCUT2D eigenvalue weighted by Gasteiger charge is -2.24. The Morgan fingerprint density at radius 1 is 1.30 bits per heavy atom. The fourth-order valence-corrected chi connectivity index (χ4v) is 3.93. The molecule has 1 amide bonds. The van der Waals surface area contributed by atoms with E-state index in [9.17, 15) is 4.79 Å². The maximum absolute atomic E-state index is 12.6. The van der Waals surface area contributed by atoms with Gasteiger partial charge in [0.15, 0.2) is 5.16 Å². The van der Waals surface area contributed by atoms with E-state index in [-0.39, 0.29) is 11.8 Å². The summed E-state index contributed by atoms with van der Waals surface area (Å²) in [6.07, 6.45) is 4.30. The highest BCUT2D eigenvalue weighted by atomic mass is 35.5. The standard InChI is InChI=1S/C20H18ClN3O2S/c1-24-9-8-22-20(24)27-17-5-3-16(4-6-17)23-19(25)14-10-13-11-15(21)2-7-18(13)26-12-14/h2-9,11,14H,10,12H2,1H3,(H,23,25). The largest absolute Gasteiger partial charge is 0.492 e. The second-order valence-electron chi connectivity index (χ2n) is 6.40. The molecule has 0 radical (unpaired) electrons. The molecule has 5 nitrogen and oxygen atoms in total. The number of fused-ring (bicyclic) bond motifs is 1. The van der Waals surface area contributed by atoms with Crippen LogP contribution in [0, 0.1) is 5.92 Å². The molecule has 0 aliphatic carbocycles. The van der Waals surface area contributed by atoms with Crippen LogP contribution in [0.1, 0.15) is 5.56 Å². The number of imidazole rings is 1. The number of nitrogens with zero attached hydrogens (tertiary/aromatic N) is 2. The van der Waals surface area contributed by atoms with Crippen molar-refractivity contribution in [2.45, 2.75) is 16.5 Å². The maximum Gasteiger partial charge on any atom is 0.231 e. The molecule has 7 heteroatoms. The number of carbonyl (C=O) groups excluding carboxylic acids is 1. The number of anilines is 1. The van der Waals surface area contributed by atoms with Gasteiger partial charge in [-0.25, -0.2) is 4.98 Å². The summed E-state index contributed by atoms with van der Waals surface area (Å²) >= 11 is 7.62. The Labute approximate surface area is 166 Å². The Morgan fingerprint density at radius 3 is 2.85 bits per heavy atom. The lowest BCUT2D eigenvalue weighted by Crippen LogP contribution is -2.32. The van der Waals surface area contributed by atoms with Gasteiger partial charge in [-0.05, 0) is 54.4 Å². The van der Waals surface area contributed by atoms with E-state index >= 15 is 0 Å². The van der Waals surface area contributed by atoms with Gasteiger partial charge < -0.3 is 14.6 Å². The summed E-state index contributed by atoms with van der Waals surface area (Å²) in [5.74, 6) is 0.516. The molecule has 1 unspecified atom stereocenters. The number of aryl methyl sites for hydroxylation is 1. The van der Waals surface area contributed by atoms with Crippen molar-refractivity contribution in [3.8, 4) is 5.75 Å². The van der Waals surface area contributed by atoms with Crippen LogP contribution in [0.2, 0.25) is 5.02 Å². The van der Waals surface area contributed by atoms with Crippen molar-refractivity contribution in [1.82, 2.24) is 9.55 Å². The molecule has 1 aliphatic heterocycles. The predicted octanol–water partition coefficient (Wildman–Crippen LogP) is 4.41. The number of benzene rings is 2. The maximum atomic E-state index is 12.6. The van der Waals surface area contributed by atoms with Crippen LogP contribution in [0.4, 0.5) is 5.69 Å². The third kappa shape index (κ3) is 4.12. The molecule has 2 heterocycles. The molecule has 0 spiro atoms. The molecule has 1 aromatic heterocycles. The molecule has 138 valence electrons. The average Bonchev–Trinajstić information content (AvgIpc) is 3.07. The van der Waals surface area contributed by atoms with Gasteiger partial charge in [-0.1, -0.05) is 23.4 Å². The molecule has 1 atom stereocenters. The van der Waals surface area contributed by atoms with E-state index in [4.69, 9.17) is 16.3 Å². The van der Waals surface area contributed by atoms with Gasteiger partial charge in [0.25, 0.3) is 0 Å². The fraction of sp³-hybridized carbons (Fsp3) is 0.200. The second kappa shape index (κ2) is 7.66. The SMILES string of the molecule is Cn1ccnc1Sc1ccc(NC(=O)C2COc3ccc(Cl)cc3C2)cc1. The first-order valence-electron chi connectivity index (χ1n) is 8.56. The molecular formula is C20H18ClN3O2S. The van der Waals surface area contributed by atoms with Gasteiger partial charge in [0, 0.05) is 35.0 Å². The minimum atomic E-state index is -0.238. The van der Waals surface area contributed by atoms with Crippen molar-refractivity contribution in [2.75, 3.05) is 11.9 Å². The monoisotopic (exact) mass is 399 g/mol. The fourth-order valence-electron chi connectivity index (χ4n) is 2.94. The van der Waals surface area contributed by atoms with Crippen LogP contribution in [0.3, 0.4) is 0 Å². The average molecular weight is 400 g/mol. The number of halogens is 1. The predicted molar refractivity (Wildman–Crippen MR) is 107 cm³/mol. The first kappa shape index (κ1) is 17.9. The highest BCUT2D eigenvalue weighted by Gasteiger charge is 2.26. The molecule has 3 aromatic rings. The molecule has 4 rings (SSSR count). The molecule has 0 bridgehead atoms. The third-order valence-corrected chi connectivity index (χ3v) is 5.73. The van der Waals surface area contributed by atoms with E-state index in [2.05, 4.69) is 10.3 Å². The summed E-state index contributed by atoms with van der Waals surface area (Å²) in [5, 5.41) is 4.54. The van der Waals surface area contributed by atoms with Crippen molar-refractivity contribution in [2.24, 2.45) is 13.0 Å². The van der Waals surface area contributed by atoms with Crippen LogP contribution in [-0.4, -0.2) is 22.1 Å².